The van der Waals surface area contributed by atoms with Crippen molar-refractivity contribution in [2.75, 3.05) is 41.8 Å². The smallest absolute Gasteiger partial charge is 0.340 e. The molecule has 586 valence electrons. The molecule has 0 amide bonds. The second-order valence-electron chi connectivity index (χ2n) is 27.4. The Morgan fingerprint density at radius 2 is 0.655 bits per heavy atom. The SMILES string of the molecule is CC(C)C.CC(C)c1ccc2sc3ccccc3c(=O)c2c1.CCOC(=O)c1ccc2c(=O)c3ccccc3sc2c1.COc1ccc2c(=O)c3ccc(OC)cc3sc2c1.COc1ccc2c(=S)c3ccc(OC)cc3oc2c1.Cc1ccc2sc3cc(C(=O)OCO)ccc3c(=O)c2c1.O=c1c2ccccc2sc2ccccc12. The van der Waals surface area contributed by atoms with Gasteiger partial charge in [-0.1, -0.05) is 113 Å². The van der Waals surface area contributed by atoms with E-state index in [9.17, 15) is 33.6 Å². The molecule has 6 aromatic heterocycles. The summed E-state index contributed by atoms with van der Waals surface area (Å²) in [6.07, 6.45) is 0. The third-order valence-corrected chi connectivity index (χ3v) is 24.4. The Morgan fingerprint density at radius 3 is 1.03 bits per heavy atom. The highest BCUT2D eigenvalue weighted by Gasteiger charge is 2.16. The Balaban J connectivity index is 0.000000127. The van der Waals surface area contributed by atoms with Gasteiger partial charge in [0.05, 0.1) is 50.7 Å². The molecule has 1 N–H and O–H groups in total. The minimum absolute atomic E-state index is 0.00441. The van der Waals surface area contributed by atoms with Crippen LogP contribution in [0.5, 0.6) is 23.0 Å². The second kappa shape index (κ2) is 38.0. The first-order valence-corrected chi connectivity index (χ1v) is 41.4. The van der Waals surface area contributed by atoms with Gasteiger partial charge in [-0.15, -0.1) is 56.7 Å². The summed E-state index contributed by atoms with van der Waals surface area (Å²) >= 11 is 13.4. The predicted molar refractivity (Wildman–Crippen MR) is 487 cm³/mol. The first-order chi connectivity index (χ1) is 56.0. The van der Waals surface area contributed by atoms with E-state index in [1.807, 2.05) is 201 Å². The third kappa shape index (κ3) is 19.0. The minimum atomic E-state index is -0.663. The molecule has 12 aromatic carbocycles. The molecule has 0 aliphatic heterocycles. The summed E-state index contributed by atoms with van der Waals surface area (Å²) in [5, 5.41) is 17.9. The Morgan fingerprint density at radius 1 is 0.353 bits per heavy atom. The zero-order valence-electron chi connectivity index (χ0n) is 65.3. The molecule has 0 radical (unpaired) electrons. The number of ether oxygens (including phenoxy) is 6. The molecule has 0 bridgehead atoms. The summed E-state index contributed by atoms with van der Waals surface area (Å²) in [5.74, 6) is 3.31. The van der Waals surface area contributed by atoms with Crippen molar-refractivity contribution in [1.82, 2.24) is 0 Å². The zero-order chi connectivity index (χ0) is 82.4. The molecule has 0 aliphatic rings. The van der Waals surface area contributed by atoms with Crippen LogP contribution in [0.15, 0.2) is 271 Å². The van der Waals surface area contributed by atoms with Gasteiger partial charge in [0.1, 0.15) is 34.2 Å². The molecular weight excluding hydrogens is 1570 g/mol. The van der Waals surface area contributed by atoms with E-state index < -0.39 is 12.8 Å². The molecule has 18 rings (SSSR count). The average Bonchev–Trinajstić information content (AvgIpc) is 0.802. The molecule has 18 aromatic rings. The van der Waals surface area contributed by atoms with Gasteiger partial charge in [0, 0.05) is 124 Å². The van der Waals surface area contributed by atoms with Gasteiger partial charge in [-0.05, 0) is 201 Å². The van der Waals surface area contributed by atoms with Crippen LogP contribution in [-0.4, -0.2) is 58.9 Å². The van der Waals surface area contributed by atoms with Crippen LogP contribution in [0, 0.1) is 17.4 Å². The largest absolute Gasteiger partial charge is 0.497 e. The maximum atomic E-state index is 12.5. The summed E-state index contributed by atoms with van der Waals surface area (Å²) in [5.41, 5.74) is 4.79. The van der Waals surface area contributed by atoms with Gasteiger partial charge >= 0.3 is 11.9 Å². The molecular formula is C95H80O15S6. The quantitative estimate of drug-likeness (QED) is 0.0617. The van der Waals surface area contributed by atoms with Crippen LogP contribution in [0.4, 0.5) is 0 Å². The summed E-state index contributed by atoms with van der Waals surface area (Å²) in [7, 11) is 6.49. The van der Waals surface area contributed by atoms with Crippen LogP contribution in [0.1, 0.15) is 79.3 Å². The molecule has 15 nitrogen and oxygen atoms in total. The van der Waals surface area contributed by atoms with Gasteiger partial charge in [0.15, 0.2) is 33.9 Å². The Labute approximate surface area is 691 Å². The molecule has 0 saturated heterocycles. The van der Waals surface area contributed by atoms with Gasteiger partial charge in [-0.3, -0.25) is 24.0 Å². The lowest BCUT2D eigenvalue weighted by molar-refractivity contribution is 0.00681. The van der Waals surface area contributed by atoms with E-state index in [-0.39, 0.29) is 33.1 Å². The number of fused-ring (bicyclic) bond motifs is 12. The van der Waals surface area contributed by atoms with E-state index >= 15 is 0 Å². The summed E-state index contributed by atoms with van der Waals surface area (Å²) in [6.45, 7) is 14.2. The number of rotatable bonds is 9. The highest BCUT2D eigenvalue weighted by Crippen LogP contribution is 2.35. The van der Waals surface area contributed by atoms with Crippen molar-refractivity contribution >= 4 is 204 Å². The monoisotopic (exact) mass is 1650 g/mol. The number of aliphatic hydroxyl groups excluding tert-OH is 1. The number of carbonyl (C=O) groups is 2. The highest BCUT2D eigenvalue weighted by molar-refractivity contribution is 7.72. The summed E-state index contributed by atoms with van der Waals surface area (Å²) in [6, 6.07) is 75.0. The predicted octanol–water partition coefficient (Wildman–Crippen LogP) is 23.8. The maximum absolute atomic E-state index is 12.5. The van der Waals surface area contributed by atoms with Crippen molar-refractivity contribution < 1.29 is 47.5 Å². The lowest BCUT2D eigenvalue weighted by Gasteiger charge is -2.07. The molecule has 0 saturated carbocycles. The Hall–Kier alpha value is -11.9. The zero-order valence-corrected chi connectivity index (χ0v) is 70.2. The van der Waals surface area contributed by atoms with Gasteiger partial charge in [-0.25, -0.2) is 9.59 Å². The van der Waals surface area contributed by atoms with E-state index in [1.165, 1.54) is 34.3 Å². The van der Waals surface area contributed by atoms with Gasteiger partial charge in [0.2, 0.25) is 0 Å². The lowest BCUT2D eigenvalue weighted by Crippen LogP contribution is -2.07. The van der Waals surface area contributed by atoms with Crippen LogP contribution < -0.4 is 46.1 Å². The Kier molecular flexibility index (Phi) is 27.4. The molecule has 0 spiro atoms. The van der Waals surface area contributed by atoms with Crippen LogP contribution in [-0.2, 0) is 9.47 Å². The first-order valence-electron chi connectivity index (χ1n) is 36.9. The molecule has 116 heavy (non-hydrogen) atoms. The molecule has 6 heterocycles. The number of carbonyl (C=O) groups excluding carboxylic acids is 2. The lowest BCUT2D eigenvalue weighted by atomic mass is 10.0. The summed E-state index contributed by atoms with van der Waals surface area (Å²) in [4.78, 5) is 85.2. The molecule has 0 aliphatic carbocycles. The van der Waals surface area contributed by atoms with Crippen molar-refractivity contribution in [1.29, 1.82) is 0 Å². The highest BCUT2D eigenvalue weighted by atomic mass is 32.1. The average molecular weight is 1650 g/mol. The standard InChI is InChI=1S/C16H12O4S.C16H12O3S.C16H14OS.2C15H12O3S.C13H8OS.C4H10/c1-9-2-5-13-12(6-9)15(18)11-4-3-10(7-14(11)21-13)16(19)20-8-17;1-2-19-16(18)10-7-8-12-14(9-10)20-13-6-4-3-5-11(13)15(12)17;1-10(2)11-7-8-15-13(9-11)16(17)12-5-3-4-6-14(12)18-15;1-17-9-3-5-11-13(7-9)19-14-8-10(18-2)4-6-12(14)15(11)16;1-16-9-3-5-11-13(7-9)18-14-8-10(17-2)4-6-12(14)15(11)19;14-13-9-5-1-3-7-11(9)15-12-8-4-2-6-10(12)13;1-4(2)3/h2-7,17H,8H2,1H3;3-9H,2H2,1H3;3-10H,1-2H3;2*3-8H,1-2H3;1-8H;4H,1-3H3. The van der Waals surface area contributed by atoms with Crippen molar-refractivity contribution in [3.63, 3.8) is 0 Å². The van der Waals surface area contributed by atoms with Crippen molar-refractivity contribution in [2.45, 2.75) is 54.4 Å². The van der Waals surface area contributed by atoms with E-state index in [4.69, 9.17) is 45.4 Å². The fourth-order valence-corrected chi connectivity index (χ4v) is 18.2. The third-order valence-electron chi connectivity index (χ3n) is 18.3. The fraction of sp³-hybridized carbons (Fsp3) is 0.158. The fourth-order valence-electron chi connectivity index (χ4n) is 12.4. The van der Waals surface area contributed by atoms with Crippen LogP contribution >= 0.6 is 68.9 Å². The molecule has 0 fully saturated rings. The number of hydrogen-bond donors (Lipinski definition) is 1. The van der Waals surface area contributed by atoms with Crippen molar-refractivity contribution in [3.8, 4) is 23.0 Å². The first kappa shape index (κ1) is 83.5. The number of hydrogen-bond acceptors (Lipinski definition) is 21. The van der Waals surface area contributed by atoms with Gasteiger partial charge in [-0.2, -0.15) is 0 Å². The van der Waals surface area contributed by atoms with Crippen molar-refractivity contribution in [3.05, 3.63) is 321 Å². The van der Waals surface area contributed by atoms with E-state index in [0.717, 1.165) is 129 Å². The number of aliphatic hydroxyl groups is 1. The van der Waals surface area contributed by atoms with E-state index in [0.29, 0.717) is 56.4 Å². The van der Waals surface area contributed by atoms with E-state index in [1.54, 1.807) is 99.7 Å². The molecule has 0 unspecified atom stereocenters. The minimum Gasteiger partial charge on any atom is -0.497 e. The normalized spacial score (nSPS) is 10.9. The van der Waals surface area contributed by atoms with Crippen LogP contribution in [0.2, 0.25) is 0 Å². The molecule has 0 atom stereocenters. The topological polar surface area (TPSA) is 208 Å². The number of esters is 2. The van der Waals surface area contributed by atoms with E-state index in [2.05, 4.69) is 51.5 Å². The Bertz CT molecular complexity index is 6810. The number of benzene rings is 12. The van der Waals surface area contributed by atoms with Gasteiger partial charge < -0.3 is 37.9 Å². The van der Waals surface area contributed by atoms with Gasteiger partial charge in [0.25, 0.3) is 0 Å². The number of methoxy groups -OCH3 is 4. The molecule has 21 heteroatoms. The van der Waals surface area contributed by atoms with Crippen molar-refractivity contribution in [2.24, 2.45) is 5.92 Å². The van der Waals surface area contributed by atoms with Crippen LogP contribution in [0.3, 0.4) is 0 Å². The second-order valence-corrected chi connectivity index (χ2v) is 33.2. The number of aryl methyl sites for hydroxylation is 1. The van der Waals surface area contributed by atoms with Crippen LogP contribution in [0.25, 0.3) is 123 Å². The summed E-state index contributed by atoms with van der Waals surface area (Å²) < 4.78 is 46.4. The maximum Gasteiger partial charge on any atom is 0.340 e.